The van der Waals surface area contributed by atoms with E-state index in [1.54, 1.807) is 25.1 Å². The van der Waals surface area contributed by atoms with Gasteiger partial charge in [0, 0.05) is 30.3 Å². The Labute approximate surface area is 182 Å². The summed E-state index contributed by atoms with van der Waals surface area (Å²) in [6.07, 6.45) is 3.41. The number of nitrogens with zero attached hydrogens (tertiary/aromatic N) is 1. The van der Waals surface area contributed by atoms with Crippen LogP contribution < -0.4 is 5.32 Å². The van der Waals surface area contributed by atoms with E-state index in [0.717, 1.165) is 18.4 Å². The molecule has 2 fully saturated rings. The second kappa shape index (κ2) is 8.44. The highest BCUT2D eigenvalue weighted by Crippen LogP contribution is 2.36. The van der Waals surface area contributed by atoms with Crippen LogP contribution in [0, 0.1) is 17.8 Å². The molecule has 0 spiro atoms. The van der Waals surface area contributed by atoms with Crippen LogP contribution in [-0.2, 0) is 19.1 Å². The molecule has 7 heteroatoms. The number of ketones is 1. The van der Waals surface area contributed by atoms with Gasteiger partial charge in [-0.1, -0.05) is 26.7 Å². The lowest BCUT2D eigenvalue weighted by Crippen LogP contribution is -2.45. The molecule has 0 unspecified atom stereocenters. The Kier molecular flexibility index (Phi) is 5.86. The number of nitrogens with one attached hydrogen (secondary N) is 1. The van der Waals surface area contributed by atoms with E-state index in [2.05, 4.69) is 19.2 Å². The van der Waals surface area contributed by atoms with Crippen LogP contribution in [0.3, 0.4) is 0 Å². The average molecular weight is 427 g/mol. The van der Waals surface area contributed by atoms with Crippen LogP contribution in [0.15, 0.2) is 18.2 Å². The second-order valence-corrected chi connectivity index (χ2v) is 9.33. The molecule has 2 aliphatic heterocycles. The molecule has 1 saturated heterocycles. The van der Waals surface area contributed by atoms with E-state index in [4.69, 9.17) is 4.74 Å². The predicted molar refractivity (Wildman–Crippen MR) is 115 cm³/mol. The fourth-order valence-electron chi connectivity index (χ4n) is 5.13. The Hall–Kier alpha value is -2.70. The Morgan fingerprint density at radius 3 is 2.71 bits per heavy atom. The van der Waals surface area contributed by atoms with Crippen LogP contribution in [0.25, 0.3) is 0 Å². The highest BCUT2D eigenvalue weighted by atomic mass is 16.5. The maximum atomic E-state index is 12.6. The molecule has 166 valence electrons. The van der Waals surface area contributed by atoms with Crippen molar-refractivity contribution < 1.29 is 23.9 Å². The summed E-state index contributed by atoms with van der Waals surface area (Å²) in [5.74, 6) is -0.761. The molecule has 1 saturated carbocycles. The number of fused-ring (bicyclic) bond motifs is 1. The van der Waals surface area contributed by atoms with Crippen molar-refractivity contribution in [2.24, 2.45) is 17.8 Å². The summed E-state index contributed by atoms with van der Waals surface area (Å²) in [6.45, 7) is 6.20. The van der Waals surface area contributed by atoms with E-state index in [-0.39, 0.29) is 42.6 Å². The lowest BCUT2D eigenvalue weighted by molar-refractivity contribution is -0.147. The van der Waals surface area contributed by atoms with Gasteiger partial charge in [-0.15, -0.1) is 0 Å². The minimum Gasteiger partial charge on any atom is -0.457 e. The highest BCUT2D eigenvalue weighted by molar-refractivity contribution is 6.05. The third-order valence-corrected chi connectivity index (χ3v) is 7.39. The number of carbonyl (C=O) groups is 4. The van der Waals surface area contributed by atoms with Crippen LogP contribution >= 0.6 is 0 Å². The lowest BCUT2D eigenvalue weighted by atomic mass is 9.77. The number of hydrogen-bond donors (Lipinski definition) is 1. The Bertz CT molecular complexity index is 927. The lowest BCUT2D eigenvalue weighted by Gasteiger charge is -2.39. The minimum atomic E-state index is -0.522. The molecule has 0 radical (unpaired) electrons. The van der Waals surface area contributed by atoms with Crippen molar-refractivity contribution in [3.8, 4) is 0 Å². The number of esters is 1. The summed E-state index contributed by atoms with van der Waals surface area (Å²) in [4.78, 5) is 51.3. The number of amides is 2. The van der Waals surface area contributed by atoms with Gasteiger partial charge in [-0.05, 0) is 48.9 Å². The molecule has 5 atom stereocenters. The van der Waals surface area contributed by atoms with Gasteiger partial charge in [-0.2, -0.15) is 0 Å². The largest absolute Gasteiger partial charge is 0.457 e. The molecule has 31 heavy (non-hydrogen) atoms. The van der Waals surface area contributed by atoms with Crippen molar-refractivity contribution in [3.63, 3.8) is 0 Å². The Balaban J connectivity index is 1.34. The molecule has 7 nitrogen and oxygen atoms in total. The first-order valence-corrected chi connectivity index (χ1v) is 11.2. The molecular formula is C24H30N2O5. The molecule has 1 aliphatic carbocycles. The molecule has 0 aromatic heterocycles. The van der Waals surface area contributed by atoms with Crippen molar-refractivity contribution >= 4 is 29.3 Å². The van der Waals surface area contributed by atoms with Gasteiger partial charge >= 0.3 is 5.97 Å². The Morgan fingerprint density at radius 1 is 1.16 bits per heavy atom. The molecular weight excluding hydrogens is 396 g/mol. The quantitative estimate of drug-likeness (QED) is 0.577. The van der Waals surface area contributed by atoms with Crippen molar-refractivity contribution in [1.82, 2.24) is 4.90 Å². The van der Waals surface area contributed by atoms with E-state index in [1.807, 2.05) is 4.90 Å². The third-order valence-electron chi connectivity index (χ3n) is 7.39. The number of hydrogen-bond acceptors (Lipinski definition) is 5. The van der Waals surface area contributed by atoms with E-state index in [0.29, 0.717) is 29.6 Å². The maximum Gasteiger partial charge on any atom is 0.311 e. The van der Waals surface area contributed by atoms with Crippen LogP contribution in [-0.4, -0.2) is 47.7 Å². The molecule has 1 aromatic carbocycles. The summed E-state index contributed by atoms with van der Waals surface area (Å²) in [5.41, 5.74) is 1.89. The molecule has 4 rings (SSSR count). The van der Waals surface area contributed by atoms with Crippen molar-refractivity contribution in [2.45, 2.75) is 58.4 Å². The van der Waals surface area contributed by atoms with Crippen LogP contribution in [0.5, 0.6) is 0 Å². The summed E-state index contributed by atoms with van der Waals surface area (Å²) in [5, 5.41) is 2.77. The minimum absolute atomic E-state index is 0.00371. The van der Waals surface area contributed by atoms with E-state index >= 15 is 0 Å². The monoisotopic (exact) mass is 426 g/mol. The van der Waals surface area contributed by atoms with Crippen LogP contribution in [0.4, 0.5) is 5.69 Å². The number of likely N-dealkylation sites (tertiary alicyclic amines) is 1. The van der Waals surface area contributed by atoms with Crippen molar-refractivity contribution in [2.75, 3.05) is 18.5 Å². The third kappa shape index (κ3) is 4.10. The van der Waals surface area contributed by atoms with Gasteiger partial charge in [-0.3, -0.25) is 19.2 Å². The summed E-state index contributed by atoms with van der Waals surface area (Å²) < 4.78 is 5.29. The van der Waals surface area contributed by atoms with Crippen LogP contribution in [0.1, 0.15) is 68.3 Å². The zero-order valence-corrected chi connectivity index (χ0v) is 18.3. The number of carbonyl (C=O) groups excluding carboxylic acids is 4. The molecule has 1 N–H and O–H groups in total. The number of Topliss-reactive ketones (excluding diaryl/α,β-unsaturated/α-hetero) is 1. The summed E-state index contributed by atoms with van der Waals surface area (Å²) in [7, 11) is 0. The van der Waals surface area contributed by atoms with Crippen molar-refractivity contribution in [3.05, 3.63) is 29.3 Å². The topological polar surface area (TPSA) is 92.8 Å². The first kappa shape index (κ1) is 21.5. The van der Waals surface area contributed by atoms with Gasteiger partial charge < -0.3 is 15.0 Å². The highest BCUT2D eigenvalue weighted by Gasteiger charge is 2.42. The van der Waals surface area contributed by atoms with Gasteiger partial charge in [0.15, 0.2) is 12.4 Å². The predicted octanol–water partition coefficient (Wildman–Crippen LogP) is 3.14. The zero-order valence-electron chi connectivity index (χ0n) is 18.3. The zero-order chi connectivity index (χ0) is 22.3. The number of ether oxygens (including phenoxy) is 1. The van der Waals surface area contributed by atoms with E-state index in [1.165, 1.54) is 6.42 Å². The summed E-state index contributed by atoms with van der Waals surface area (Å²) in [6, 6.07) is 5.19. The number of rotatable bonds is 5. The van der Waals surface area contributed by atoms with Gasteiger partial charge in [0.25, 0.3) is 0 Å². The van der Waals surface area contributed by atoms with Gasteiger partial charge in [-0.25, -0.2) is 0 Å². The second-order valence-electron chi connectivity index (χ2n) is 9.33. The normalized spacial score (nSPS) is 30.2. The molecule has 2 amide bonds. The Morgan fingerprint density at radius 2 is 1.94 bits per heavy atom. The smallest absolute Gasteiger partial charge is 0.311 e. The van der Waals surface area contributed by atoms with E-state index < -0.39 is 11.9 Å². The molecule has 1 aromatic rings. The first-order valence-electron chi connectivity index (χ1n) is 11.2. The molecule has 0 bridgehead atoms. The standard InChI is InChI=1S/C24H30N2O5/c1-13-5-4-6-20(14(13)2)26-11-17(10-22(26)28)24(30)31-12-21(27)16-7-8-19-18(9-16)15(3)23(29)25-19/h7-9,13-15,17,20H,4-6,10-12H2,1-3H3,(H,25,29)/t13-,14-,15+,17-,20+/m1/s1. The fourth-order valence-corrected chi connectivity index (χ4v) is 5.13. The SMILES string of the molecule is C[C@@H]1[C@H](C)CCC[C@@H]1N1C[C@H](C(=O)OCC(=O)c2ccc3c(c2)[C@H](C)C(=O)N3)CC1=O. The number of anilines is 1. The van der Waals surface area contributed by atoms with Gasteiger partial charge in [0.05, 0.1) is 11.8 Å². The number of benzene rings is 1. The molecule has 2 heterocycles. The van der Waals surface area contributed by atoms with E-state index in [9.17, 15) is 19.2 Å². The van der Waals surface area contributed by atoms with Gasteiger partial charge in [0.2, 0.25) is 11.8 Å². The maximum absolute atomic E-state index is 12.6. The summed E-state index contributed by atoms with van der Waals surface area (Å²) >= 11 is 0. The van der Waals surface area contributed by atoms with Crippen molar-refractivity contribution in [1.29, 1.82) is 0 Å². The molecule has 3 aliphatic rings. The first-order chi connectivity index (χ1) is 14.8. The van der Waals surface area contributed by atoms with Crippen LogP contribution in [0.2, 0.25) is 0 Å². The fraction of sp³-hybridized carbons (Fsp3) is 0.583. The average Bonchev–Trinajstić information content (AvgIpc) is 3.27. The van der Waals surface area contributed by atoms with Gasteiger partial charge in [0.1, 0.15) is 0 Å².